The summed E-state index contributed by atoms with van der Waals surface area (Å²) in [5, 5.41) is 3.81. The number of hydrogen-bond acceptors (Lipinski definition) is 6. The molecule has 16 heavy (non-hydrogen) atoms. The van der Waals surface area contributed by atoms with Crippen LogP contribution in [0.15, 0.2) is 12.1 Å². The van der Waals surface area contributed by atoms with Gasteiger partial charge in [-0.15, -0.1) is 0 Å². The van der Waals surface area contributed by atoms with Gasteiger partial charge in [0.2, 0.25) is 0 Å². The van der Waals surface area contributed by atoms with Crippen LogP contribution in [-0.2, 0) is 14.3 Å². The Kier molecular flexibility index (Phi) is 3.65. The van der Waals surface area contributed by atoms with Gasteiger partial charge in [-0.3, -0.25) is 0 Å². The molecule has 0 saturated heterocycles. The van der Waals surface area contributed by atoms with Crippen molar-refractivity contribution in [2.24, 2.45) is 0 Å². The van der Waals surface area contributed by atoms with Crippen molar-refractivity contribution < 1.29 is 19.1 Å². The van der Waals surface area contributed by atoms with Crippen molar-refractivity contribution in [1.82, 2.24) is 9.78 Å². The zero-order valence-corrected chi connectivity index (χ0v) is 8.84. The van der Waals surface area contributed by atoms with Crippen LogP contribution in [0, 0.1) is 0 Å². The molecule has 1 heterocycles. The lowest BCUT2D eigenvalue weighted by atomic mass is 10.4. The second-order valence-electron chi connectivity index (χ2n) is 2.73. The van der Waals surface area contributed by atoms with E-state index in [4.69, 9.17) is 5.73 Å². The molecule has 0 bridgehead atoms. The van der Waals surface area contributed by atoms with Crippen LogP contribution in [0.3, 0.4) is 0 Å². The third-order valence-corrected chi connectivity index (χ3v) is 1.71. The van der Waals surface area contributed by atoms with Gasteiger partial charge in [0.15, 0.2) is 5.69 Å². The molecular weight excluding hydrogens is 214 g/mol. The van der Waals surface area contributed by atoms with Crippen LogP contribution >= 0.6 is 0 Å². The molecule has 0 radical (unpaired) electrons. The van der Waals surface area contributed by atoms with Gasteiger partial charge in [0.25, 0.3) is 0 Å². The molecule has 86 valence electrons. The largest absolute Gasteiger partial charge is 0.466 e. The van der Waals surface area contributed by atoms with Gasteiger partial charge in [0.05, 0.1) is 14.2 Å². The maximum absolute atomic E-state index is 11.1. The van der Waals surface area contributed by atoms with E-state index in [9.17, 15) is 9.59 Å². The molecule has 7 heteroatoms. The summed E-state index contributed by atoms with van der Waals surface area (Å²) in [6, 6.07) is 1.34. The van der Waals surface area contributed by atoms with E-state index >= 15 is 0 Å². The van der Waals surface area contributed by atoms with E-state index in [2.05, 4.69) is 14.6 Å². The molecule has 1 aromatic heterocycles. The number of rotatable bonds is 3. The molecule has 1 aromatic rings. The number of nitrogens with zero attached hydrogens (tertiary/aromatic N) is 2. The van der Waals surface area contributed by atoms with Crippen LogP contribution < -0.4 is 5.73 Å². The molecule has 0 aliphatic carbocycles. The van der Waals surface area contributed by atoms with Gasteiger partial charge in [-0.05, 0) is 0 Å². The maximum Gasteiger partial charge on any atom is 0.358 e. The first-order valence-corrected chi connectivity index (χ1v) is 4.28. The van der Waals surface area contributed by atoms with Crippen molar-refractivity contribution in [1.29, 1.82) is 0 Å². The summed E-state index contributed by atoms with van der Waals surface area (Å²) in [5.74, 6) is -0.938. The number of esters is 2. The highest BCUT2D eigenvalue weighted by Crippen LogP contribution is 2.07. The van der Waals surface area contributed by atoms with E-state index in [0.717, 1.165) is 6.08 Å². The fourth-order valence-electron chi connectivity index (χ4n) is 0.932. The van der Waals surface area contributed by atoms with Gasteiger partial charge in [-0.2, -0.15) is 5.10 Å². The van der Waals surface area contributed by atoms with E-state index in [1.54, 1.807) is 0 Å². The van der Waals surface area contributed by atoms with Gasteiger partial charge < -0.3 is 15.2 Å². The lowest BCUT2D eigenvalue weighted by Crippen LogP contribution is -2.03. The molecule has 0 spiro atoms. The smallest absolute Gasteiger partial charge is 0.358 e. The Hall–Kier alpha value is -2.31. The van der Waals surface area contributed by atoms with Crippen LogP contribution in [0.5, 0.6) is 0 Å². The first-order chi connectivity index (χ1) is 7.58. The Balaban J connectivity index is 2.90. The Labute approximate surface area is 91.4 Å². The summed E-state index contributed by atoms with van der Waals surface area (Å²) in [4.78, 5) is 21.9. The second kappa shape index (κ2) is 4.96. The van der Waals surface area contributed by atoms with E-state index < -0.39 is 11.9 Å². The summed E-state index contributed by atoms with van der Waals surface area (Å²) < 4.78 is 10.0. The maximum atomic E-state index is 11.1. The summed E-state index contributed by atoms with van der Waals surface area (Å²) in [6.07, 6.45) is 2.41. The average molecular weight is 225 g/mol. The first kappa shape index (κ1) is 11.8. The molecule has 2 N–H and O–H groups in total. The molecule has 0 fully saturated rings. The van der Waals surface area contributed by atoms with Crippen molar-refractivity contribution in [3.63, 3.8) is 0 Å². The Morgan fingerprint density at radius 1 is 1.44 bits per heavy atom. The molecule has 0 unspecified atom stereocenters. The van der Waals surface area contributed by atoms with Crippen LogP contribution in [0.4, 0.5) is 5.82 Å². The number of hydrogen-bond donors (Lipinski definition) is 1. The summed E-state index contributed by atoms with van der Waals surface area (Å²) >= 11 is 0. The standard InChI is InChI=1S/C9H11N3O4/c1-15-8(13)3-4-12-7(10)5-6(11-12)9(14)16-2/h3-5H,10H2,1-2H3. The van der Waals surface area contributed by atoms with Crippen LogP contribution in [-0.4, -0.2) is 35.9 Å². The molecule has 0 amide bonds. The lowest BCUT2D eigenvalue weighted by Gasteiger charge is -1.94. The molecule has 0 aliphatic heterocycles. The van der Waals surface area contributed by atoms with E-state index in [1.165, 1.54) is 31.2 Å². The molecule has 0 saturated carbocycles. The van der Waals surface area contributed by atoms with Gasteiger partial charge in [-0.1, -0.05) is 0 Å². The van der Waals surface area contributed by atoms with Gasteiger partial charge in [0, 0.05) is 18.3 Å². The highest BCUT2D eigenvalue weighted by molar-refractivity contribution is 5.88. The summed E-state index contributed by atoms with van der Waals surface area (Å²) in [5.41, 5.74) is 5.62. The summed E-state index contributed by atoms with van der Waals surface area (Å²) in [6.45, 7) is 0. The molecule has 1 rings (SSSR count). The van der Waals surface area contributed by atoms with Crippen LogP contribution in [0.2, 0.25) is 0 Å². The minimum atomic E-state index is -0.600. The van der Waals surface area contributed by atoms with Gasteiger partial charge in [-0.25, -0.2) is 14.3 Å². The monoisotopic (exact) mass is 225 g/mol. The predicted octanol–water partition coefficient (Wildman–Crippen LogP) is -0.104. The predicted molar refractivity (Wildman–Crippen MR) is 55.3 cm³/mol. The first-order valence-electron chi connectivity index (χ1n) is 4.28. The zero-order chi connectivity index (χ0) is 12.1. The highest BCUT2D eigenvalue weighted by atomic mass is 16.5. The van der Waals surface area contributed by atoms with Crippen molar-refractivity contribution in [3.8, 4) is 0 Å². The molecule has 7 nitrogen and oxygen atoms in total. The summed E-state index contributed by atoms with van der Waals surface area (Å²) in [7, 11) is 2.49. The van der Waals surface area contributed by atoms with Crippen LogP contribution in [0.1, 0.15) is 10.5 Å². The normalized spacial score (nSPS) is 10.4. The number of anilines is 1. The average Bonchev–Trinajstić information content (AvgIpc) is 2.66. The van der Waals surface area contributed by atoms with Gasteiger partial charge in [0.1, 0.15) is 5.82 Å². The number of carbonyl (C=O) groups is 2. The Morgan fingerprint density at radius 3 is 2.69 bits per heavy atom. The Bertz CT molecular complexity index is 436. The SMILES string of the molecule is COC(=O)C=Cn1nc(C(=O)OC)cc1N. The zero-order valence-electron chi connectivity index (χ0n) is 8.84. The minimum absolute atomic E-state index is 0.0644. The van der Waals surface area contributed by atoms with Crippen molar-refractivity contribution >= 4 is 24.0 Å². The van der Waals surface area contributed by atoms with E-state index in [1.807, 2.05) is 0 Å². The lowest BCUT2D eigenvalue weighted by molar-refractivity contribution is -0.134. The van der Waals surface area contributed by atoms with Gasteiger partial charge >= 0.3 is 11.9 Å². The fourth-order valence-corrected chi connectivity index (χ4v) is 0.932. The van der Waals surface area contributed by atoms with E-state index in [-0.39, 0.29) is 11.5 Å². The quantitative estimate of drug-likeness (QED) is 0.569. The topological polar surface area (TPSA) is 96.4 Å². The fraction of sp³-hybridized carbons (Fsp3) is 0.222. The molecule has 0 atom stereocenters. The number of nitrogen functional groups attached to an aromatic ring is 1. The van der Waals surface area contributed by atoms with Crippen molar-refractivity contribution in [2.45, 2.75) is 0 Å². The minimum Gasteiger partial charge on any atom is -0.466 e. The van der Waals surface area contributed by atoms with E-state index in [0.29, 0.717) is 0 Å². The Morgan fingerprint density at radius 2 is 2.12 bits per heavy atom. The highest BCUT2D eigenvalue weighted by Gasteiger charge is 2.11. The number of carbonyl (C=O) groups excluding carboxylic acids is 2. The third-order valence-electron chi connectivity index (χ3n) is 1.71. The van der Waals surface area contributed by atoms with Crippen molar-refractivity contribution in [2.75, 3.05) is 20.0 Å². The molecule has 0 aromatic carbocycles. The second-order valence-corrected chi connectivity index (χ2v) is 2.73. The molecular formula is C9H11N3O4. The molecule has 0 aliphatic rings. The number of methoxy groups -OCH3 is 2. The third kappa shape index (κ3) is 2.59. The number of aromatic nitrogens is 2. The van der Waals surface area contributed by atoms with Crippen LogP contribution in [0.25, 0.3) is 6.20 Å². The number of nitrogens with two attached hydrogens (primary N) is 1. The number of ether oxygens (including phenoxy) is 2. The van der Waals surface area contributed by atoms with Crippen molar-refractivity contribution in [3.05, 3.63) is 17.8 Å².